The summed E-state index contributed by atoms with van der Waals surface area (Å²) in [5.41, 5.74) is 0.641. The zero-order valence-electron chi connectivity index (χ0n) is 11.5. The van der Waals surface area contributed by atoms with Gasteiger partial charge in [-0.2, -0.15) is 0 Å². The van der Waals surface area contributed by atoms with Crippen molar-refractivity contribution in [2.45, 2.75) is 31.9 Å². The van der Waals surface area contributed by atoms with E-state index < -0.39 is 0 Å². The molecule has 5 heteroatoms. The fourth-order valence-corrected chi connectivity index (χ4v) is 2.90. The molecule has 1 N–H and O–H groups in total. The Morgan fingerprint density at radius 1 is 1.45 bits per heavy atom. The Bertz CT molecular complexity index is 517. The third-order valence-electron chi connectivity index (χ3n) is 3.98. The SMILES string of the molecule is CCC(C(=O)c1ccc2c(c1)OCO2)N1CC[C@H](O)C1. The van der Waals surface area contributed by atoms with Crippen molar-refractivity contribution < 1.29 is 19.4 Å². The normalized spacial score (nSPS) is 23.0. The third kappa shape index (κ3) is 2.39. The highest BCUT2D eigenvalue weighted by molar-refractivity contribution is 6.00. The smallest absolute Gasteiger partial charge is 0.231 e. The fourth-order valence-electron chi connectivity index (χ4n) is 2.90. The number of hydrogen-bond donors (Lipinski definition) is 1. The summed E-state index contributed by atoms with van der Waals surface area (Å²) in [5, 5.41) is 9.63. The van der Waals surface area contributed by atoms with E-state index in [2.05, 4.69) is 4.90 Å². The molecule has 0 aromatic heterocycles. The van der Waals surface area contributed by atoms with E-state index in [1.54, 1.807) is 18.2 Å². The molecule has 108 valence electrons. The molecule has 0 amide bonds. The standard InChI is InChI=1S/C15H19NO4/c1-2-12(16-6-5-11(17)8-16)15(18)10-3-4-13-14(7-10)20-9-19-13/h3-4,7,11-12,17H,2,5-6,8-9H2,1H3/t11-,12?/m0/s1. The van der Waals surface area contributed by atoms with Crippen molar-refractivity contribution in [2.75, 3.05) is 19.9 Å². The minimum atomic E-state index is -0.311. The molecule has 2 atom stereocenters. The molecule has 1 aromatic rings. The number of β-amino-alcohol motifs (C(OH)–C–C–N with tert-alkyl or cyclic N) is 1. The van der Waals surface area contributed by atoms with Crippen LogP contribution >= 0.6 is 0 Å². The van der Waals surface area contributed by atoms with Gasteiger partial charge in [0.05, 0.1) is 12.1 Å². The second-order valence-corrected chi connectivity index (χ2v) is 5.29. The summed E-state index contributed by atoms with van der Waals surface area (Å²) in [7, 11) is 0. The topological polar surface area (TPSA) is 59.0 Å². The first-order valence-electron chi connectivity index (χ1n) is 7.05. The van der Waals surface area contributed by atoms with Crippen molar-refractivity contribution in [3.05, 3.63) is 23.8 Å². The van der Waals surface area contributed by atoms with Gasteiger partial charge in [0, 0.05) is 18.7 Å². The summed E-state index contributed by atoms with van der Waals surface area (Å²) >= 11 is 0. The summed E-state index contributed by atoms with van der Waals surface area (Å²) in [4.78, 5) is 14.7. The van der Waals surface area contributed by atoms with Crippen LogP contribution in [0.4, 0.5) is 0 Å². The molecule has 0 saturated carbocycles. The molecular weight excluding hydrogens is 258 g/mol. The molecule has 0 radical (unpaired) electrons. The molecule has 0 bridgehead atoms. The van der Waals surface area contributed by atoms with Gasteiger partial charge in [0.15, 0.2) is 17.3 Å². The van der Waals surface area contributed by atoms with Gasteiger partial charge < -0.3 is 14.6 Å². The largest absolute Gasteiger partial charge is 0.454 e. The van der Waals surface area contributed by atoms with E-state index in [1.165, 1.54) is 0 Å². The Labute approximate surface area is 118 Å². The van der Waals surface area contributed by atoms with Gasteiger partial charge in [0.25, 0.3) is 0 Å². The highest BCUT2D eigenvalue weighted by Crippen LogP contribution is 2.33. The first kappa shape index (κ1) is 13.4. The molecule has 2 aliphatic heterocycles. The number of carbonyl (C=O) groups excluding carboxylic acids is 1. The monoisotopic (exact) mass is 277 g/mol. The number of rotatable bonds is 4. The molecule has 0 spiro atoms. The van der Waals surface area contributed by atoms with Gasteiger partial charge in [0.2, 0.25) is 6.79 Å². The molecule has 20 heavy (non-hydrogen) atoms. The molecule has 5 nitrogen and oxygen atoms in total. The summed E-state index contributed by atoms with van der Waals surface area (Å²) in [6, 6.07) is 5.14. The van der Waals surface area contributed by atoms with Gasteiger partial charge in [0.1, 0.15) is 0 Å². The summed E-state index contributed by atoms with van der Waals surface area (Å²) in [5.74, 6) is 1.40. The number of Topliss-reactive ketones (excluding diaryl/α,β-unsaturated/α-hetero) is 1. The molecule has 1 saturated heterocycles. The molecule has 0 aliphatic carbocycles. The number of benzene rings is 1. The van der Waals surface area contributed by atoms with Crippen LogP contribution in [0, 0.1) is 0 Å². The zero-order chi connectivity index (χ0) is 14.1. The van der Waals surface area contributed by atoms with Crippen molar-refractivity contribution in [2.24, 2.45) is 0 Å². The molecule has 1 fully saturated rings. The average molecular weight is 277 g/mol. The third-order valence-corrected chi connectivity index (χ3v) is 3.98. The second kappa shape index (κ2) is 5.42. The summed E-state index contributed by atoms with van der Waals surface area (Å²) < 4.78 is 10.6. The van der Waals surface area contributed by atoms with Gasteiger partial charge in [-0.3, -0.25) is 9.69 Å². The van der Waals surface area contributed by atoms with Crippen LogP contribution in [0.1, 0.15) is 30.1 Å². The van der Waals surface area contributed by atoms with E-state index in [1.807, 2.05) is 6.92 Å². The average Bonchev–Trinajstić information content (AvgIpc) is 3.07. The highest BCUT2D eigenvalue weighted by Gasteiger charge is 2.31. The lowest BCUT2D eigenvalue weighted by molar-refractivity contribution is 0.0821. The number of ketones is 1. The van der Waals surface area contributed by atoms with E-state index >= 15 is 0 Å². The number of likely N-dealkylation sites (tertiary alicyclic amines) is 1. The van der Waals surface area contributed by atoms with E-state index in [0.29, 0.717) is 23.6 Å². The van der Waals surface area contributed by atoms with E-state index in [4.69, 9.17) is 9.47 Å². The minimum absolute atomic E-state index is 0.0832. The lowest BCUT2D eigenvalue weighted by Gasteiger charge is -2.25. The molecule has 2 heterocycles. The number of ether oxygens (including phenoxy) is 2. The van der Waals surface area contributed by atoms with Crippen molar-refractivity contribution in [1.29, 1.82) is 0 Å². The van der Waals surface area contributed by atoms with Crippen molar-refractivity contribution in [3.63, 3.8) is 0 Å². The maximum atomic E-state index is 12.6. The summed E-state index contributed by atoms with van der Waals surface area (Å²) in [6.45, 7) is 3.56. The minimum Gasteiger partial charge on any atom is -0.454 e. The Hall–Kier alpha value is -1.59. The Morgan fingerprint density at radius 3 is 2.95 bits per heavy atom. The van der Waals surface area contributed by atoms with Crippen molar-refractivity contribution in [1.82, 2.24) is 4.90 Å². The first-order chi connectivity index (χ1) is 9.69. The van der Waals surface area contributed by atoms with Gasteiger partial charge in [-0.25, -0.2) is 0 Å². The summed E-state index contributed by atoms with van der Waals surface area (Å²) in [6.07, 6.45) is 1.17. The molecule has 2 aliphatic rings. The van der Waals surface area contributed by atoms with Crippen molar-refractivity contribution >= 4 is 5.78 Å². The lowest BCUT2D eigenvalue weighted by Crippen LogP contribution is -2.39. The Morgan fingerprint density at radius 2 is 2.25 bits per heavy atom. The number of nitrogens with zero attached hydrogens (tertiary/aromatic N) is 1. The van der Waals surface area contributed by atoms with E-state index in [-0.39, 0.29) is 24.7 Å². The predicted molar refractivity (Wildman–Crippen MR) is 73.2 cm³/mol. The highest BCUT2D eigenvalue weighted by atomic mass is 16.7. The van der Waals surface area contributed by atoms with E-state index in [0.717, 1.165) is 19.4 Å². The van der Waals surface area contributed by atoms with Crippen LogP contribution in [0.25, 0.3) is 0 Å². The Kier molecular flexibility index (Phi) is 3.63. The van der Waals surface area contributed by atoms with Crippen LogP contribution in [-0.2, 0) is 0 Å². The van der Waals surface area contributed by atoms with Crippen LogP contribution in [0.2, 0.25) is 0 Å². The number of aliphatic hydroxyl groups is 1. The zero-order valence-corrected chi connectivity index (χ0v) is 11.5. The second-order valence-electron chi connectivity index (χ2n) is 5.29. The van der Waals surface area contributed by atoms with Crippen LogP contribution in [0.3, 0.4) is 0 Å². The van der Waals surface area contributed by atoms with Gasteiger partial charge in [-0.15, -0.1) is 0 Å². The van der Waals surface area contributed by atoms with Crippen molar-refractivity contribution in [3.8, 4) is 11.5 Å². The lowest BCUT2D eigenvalue weighted by atomic mass is 10.0. The number of carbonyl (C=O) groups is 1. The molecule has 1 unspecified atom stereocenters. The van der Waals surface area contributed by atoms with Gasteiger partial charge in [-0.1, -0.05) is 6.92 Å². The fraction of sp³-hybridized carbons (Fsp3) is 0.533. The van der Waals surface area contributed by atoms with Gasteiger partial charge in [-0.05, 0) is 31.0 Å². The maximum Gasteiger partial charge on any atom is 0.231 e. The van der Waals surface area contributed by atoms with Gasteiger partial charge >= 0.3 is 0 Å². The molecule has 1 aromatic carbocycles. The Balaban J connectivity index is 1.79. The van der Waals surface area contributed by atoms with Crippen LogP contribution in [0.15, 0.2) is 18.2 Å². The van der Waals surface area contributed by atoms with E-state index in [9.17, 15) is 9.90 Å². The molecular formula is C15H19NO4. The first-order valence-corrected chi connectivity index (χ1v) is 7.05. The number of aliphatic hydroxyl groups excluding tert-OH is 1. The van der Waals surface area contributed by atoms with Crippen LogP contribution < -0.4 is 9.47 Å². The number of hydrogen-bond acceptors (Lipinski definition) is 5. The predicted octanol–water partition coefficient (Wildman–Crippen LogP) is 1.44. The molecule has 3 rings (SSSR count). The van der Waals surface area contributed by atoms with Crippen LogP contribution in [-0.4, -0.2) is 47.8 Å². The number of fused-ring (bicyclic) bond motifs is 1. The quantitative estimate of drug-likeness (QED) is 0.844. The maximum absolute atomic E-state index is 12.6. The van der Waals surface area contributed by atoms with Crippen LogP contribution in [0.5, 0.6) is 11.5 Å².